The first-order valence-corrected chi connectivity index (χ1v) is 16.3. The molecular formula is C44H26S. The van der Waals surface area contributed by atoms with Gasteiger partial charge in [-0.2, -0.15) is 0 Å². The molecule has 45 heavy (non-hydrogen) atoms. The highest BCUT2D eigenvalue weighted by atomic mass is 32.1. The first-order valence-electron chi connectivity index (χ1n) is 15.5. The molecule has 1 aromatic heterocycles. The number of rotatable bonds is 2. The van der Waals surface area contributed by atoms with E-state index in [0.29, 0.717) is 0 Å². The van der Waals surface area contributed by atoms with Gasteiger partial charge in [0.15, 0.2) is 0 Å². The lowest BCUT2D eigenvalue weighted by Gasteiger charge is -2.17. The van der Waals surface area contributed by atoms with Crippen molar-refractivity contribution in [3.8, 4) is 22.3 Å². The second kappa shape index (κ2) is 9.50. The van der Waals surface area contributed by atoms with E-state index in [1.807, 2.05) is 11.3 Å². The van der Waals surface area contributed by atoms with Crippen LogP contribution in [0.4, 0.5) is 0 Å². The molecule has 1 heterocycles. The Kier molecular flexibility index (Phi) is 5.25. The zero-order chi connectivity index (χ0) is 29.5. The zero-order valence-electron chi connectivity index (χ0n) is 24.4. The van der Waals surface area contributed by atoms with Gasteiger partial charge in [0.1, 0.15) is 0 Å². The van der Waals surface area contributed by atoms with Crippen molar-refractivity contribution in [1.82, 2.24) is 0 Å². The van der Waals surface area contributed by atoms with Crippen molar-refractivity contribution < 1.29 is 0 Å². The maximum absolute atomic E-state index is 2.42. The van der Waals surface area contributed by atoms with E-state index >= 15 is 0 Å². The molecule has 0 unspecified atom stereocenters. The molecule has 0 saturated heterocycles. The normalized spacial score (nSPS) is 12.0. The van der Waals surface area contributed by atoms with Crippen molar-refractivity contribution in [2.75, 3.05) is 0 Å². The van der Waals surface area contributed by atoms with Crippen LogP contribution >= 0.6 is 11.3 Å². The topological polar surface area (TPSA) is 0 Å². The SMILES string of the molecule is c1ccc(-c2ccc3c(c2)c2ccccc2c2c4ccc(-c5ccc6c(c5)sc5ccccc56)cc4c4ccccc4c32)cc1. The Morgan fingerprint density at radius 2 is 0.667 bits per heavy atom. The predicted octanol–water partition coefficient (Wildman–Crippen LogP) is 13.2. The summed E-state index contributed by atoms with van der Waals surface area (Å²) in [5, 5.41) is 15.8. The minimum Gasteiger partial charge on any atom is -0.135 e. The molecule has 0 radical (unpaired) electrons. The van der Waals surface area contributed by atoms with E-state index in [0.717, 1.165) is 0 Å². The molecule has 208 valence electrons. The Hall–Kier alpha value is -5.50. The summed E-state index contributed by atoms with van der Waals surface area (Å²) in [6, 6.07) is 58.5. The van der Waals surface area contributed by atoms with Gasteiger partial charge in [-0.25, -0.2) is 0 Å². The van der Waals surface area contributed by atoms with E-state index in [2.05, 4.69) is 158 Å². The van der Waals surface area contributed by atoms with Crippen molar-refractivity contribution in [2.24, 2.45) is 0 Å². The molecule has 0 aliphatic rings. The van der Waals surface area contributed by atoms with Gasteiger partial charge in [-0.3, -0.25) is 0 Å². The van der Waals surface area contributed by atoms with E-state index in [4.69, 9.17) is 0 Å². The fourth-order valence-electron chi connectivity index (χ4n) is 7.57. The second-order valence-corrected chi connectivity index (χ2v) is 13.1. The molecular weight excluding hydrogens is 561 g/mol. The third kappa shape index (κ3) is 3.65. The Bertz CT molecular complexity index is 2800. The van der Waals surface area contributed by atoms with E-state index in [9.17, 15) is 0 Å². The van der Waals surface area contributed by atoms with Gasteiger partial charge in [-0.05, 0) is 100 Å². The molecule has 0 bridgehead atoms. The molecule has 0 aliphatic heterocycles. The molecule has 10 aromatic rings. The van der Waals surface area contributed by atoms with Gasteiger partial charge in [0.2, 0.25) is 0 Å². The van der Waals surface area contributed by atoms with Crippen LogP contribution in [-0.4, -0.2) is 0 Å². The fourth-order valence-corrected chi connectivity index (χ4v) is 8.71. The first-order chi connectivity index (χ1) is 22.3. The van der Waals surface area contributed by atoms with Crippen molar-refractivity contribution in [3.63, 3.8) is 0 Å². The molecule has 1 heteroatoms. The Balaban J connectivity index is 1.29. The molecule has 0 atom stereocenters. The number of hydrogen-bond acceptors (Lipinski definition) is 1. The van der Waals surface area contributed by atoms with Gasteiger partial charge in [0.25, 0.3) is 0 Å². The summed E-state index contributed by atoms with van der Waals surface area (Å²) < 4.78 is 2.68. The highest BCUT2D eigenvalue weighted by molar-refractivity contribution is 7.25. The molecule has 0 amide bonds. The van der Waals surface area contributed by atoms with Crippen LogP contribution in [0.3, 0.4) is 0 Å². The Morgan fingerprint density at radius 1 is 0.244 bits per heavy atom. The predicted molar refractivity (Wildman–Crippen MR) is 198 cm³/mol. The van der Waals surface area contributed by atoms with Crippen LogP contribution in [-0.2, 0) is 0 Å². The van der Waals surface area contributed by atoms with Gasteiger partial charge in [-0.15, -0.1) is 11.3 Å². The van der Waals surface area contributed by atoms with Gasteiger partial charge in [-0.1, -0.05) is 133 Å². The van der Waals surface area contributed by atoms with E-state index in [-0.39, 0.29) is 0 Å². The van der Waals surface area contributed by atoms with Crippen molar-refractivity contribution >= 4 is 85.4 Å². The van der Waals surface area contributed by atoms with Crippen LogP contribution < -0.4 is 0 Å². The molecule has 0 spiro atoms. The minimum absolute atomic E-state index is 1.24. The van der Waals surface area contributed by atoms with E-state index < -0.39 is 0 Å². The van der Waals surface area contributed by atoms with Crippen LogP contribution in [0.15, 0.2) is 158 Å². The molecule has 0 aliphatic carbocycles. The highest BCUT2D eigenvalue weighted by Gasteiger charge is 2.17. The minimum atomic E-state index is 1.24. The molecule has 0 nitrogen and oxygen atoms in total. The largest absolute Gasteiger partial charge is 0.135 e. The lowest BCUT2D eigenvalue weighted by atomic mass is 9.85. The molecule has 0 saturated carbocycles. The molecule has 9 aromatic carbocycles. The number of benzene rings is 9. The summed E-state index contributed by atoms with van der Waals surface area (Å²) in [5.74, 6) is 0. The highest BCUT2D eigenvalue weighted by Crippen LogP contribution is 2.45. The third-order valence-electron chi connectivity index (χ3n) is 9.62. The Labute approximate surface area is 264 Å². The van der Waals surface area contributed by atoms with Gasteiger partial charge >= 0.3 is 0 Å². The zero-order valence-corrected chi connectivity index (χ0v) is 25.2. The van der Waals surface area contributed by atoms with Crippen LogP contribution in [0, 0.1) is 0 Å². The van der Waals surface area contributed by atoms with Crippen molar-refractivity contribution in [3.05, 3.63) is 158 Å². The van der Waals surface area contributed by atoms with Crippen LogP contribution in [0.5, 0.6) is 0 Å². The van der Waals surface area contributed by atoms with E-state index in [1.54, 1.807) is 0 Å². The maximum atomic E-state index is 2.42. The summed E-state index contributed by atoms with van der Waals surface area (Å²) in [7, 11) is 0. The van der Waals surface area contributed by atoms with Gasteiger partial charge in [0, 0.05) is 20.2 Å². The summed E-state index contributed by atoms with van der Waals surface area (Å²) in [5.41, 5.74) is 5.01. The first kappa shape index (κ1) is 24.9. The smallest absolute Gasteiger partial charge is 0.0361 e. The van der Waals surface area contributed by atoms with Crippen molar-refractivity contribution in [1.29, 1.82) is 0 Å². The van der Waals surface area contributed by atoms with Crippen LogP contribution in [0.1, 0.15) is 0 Å². The lowest BCUT2D eigenvalue weighted by molar-refractivity contribution is 1.65. The Morgan fingerprint density at radius 3 is 1.29 bits per heavy atom. The quantitative estimate of drug-likeness (QED) is 0.177. The molecule has 10 rings (SSSR count). The maximum Gasteiger partial charge on any atom is 0.0361 e. The fraction of sp³-hybridized carbons (Fsp3) is 0. The van der Waals surface area contributed by atoms with Crippen LogP contribution in [0.2, 0.25) is 0 Å². The van der Waals surface area contributed by atoms with Crippen LogP contribution in [0.25, 0.3) is 96.3 Å². The van der Waals surface area contributed by atoms with Gasteiger partial charge < -0.3 is 0 Å². The van der Waals surface area contributed by atoms with E-state index in [1.165, 1.54) is 96.3 Å². The average molecular weight is 587 g/mol. The number of fused-ring (bicyclic) bond motifs is 14. The second-order valence-electron chi connectivity index (χ2n) is 12.0. The molecule has 0 fully saturated rings. The summed E-state index contributed by atoms with van der Waals surface area (Å²) in [4.78, 5) is 0. The average Bonchev–Trinajstić information content (AvgIpc) is 3.49. The summed E-state index contributed by atoms with van der Waals surface area (Å²) in [6.45, 7) is 0. The lowest BCUT2D eigenvalue weighted by Crippen LogP contribution is -1.90. The summed E-state index contributed by atoms with van der Waals surface area (Å²) >= 11 is 1.88. The standard InChI is InChI=1S/C44H26S/c1-2-10-27(11-3-1)28-19-22-37-39(24-28)31-12-4-6-15-35(31)44-38-23-20-29(25-40(38)32-13-5-7-16-36(32)43(37)44)30-18-21-34-33-14-8-9-17-41(33)45-42(34)26-30/h1-26H. The number of thiophene rings is 1. The third-order valence-corrected chi connectivity index (χ3v) is 10.8. The van der Waals surface area contributed by atoms with Crippen molar-refractivity contribution in [2.45, 2.75) is 0 Å². The monoisotopic (exact) mass is 586 g/mol. The summed E-state index contributed by atoms with van der Waals surface area (Å²) in [6.07, 6.45) is 0. The number of hydrogen-bond donors (Lipinski definition) is 0. The molecule has 0 N–H and O–H groups in total. The van der Waals surface area contributed by atoms with Gasteiger partial charge in [0.05, 0.1) is 0 Å².